The van der Waals surface area contributed by atoms with Crippen LogP contribution in [0.5, 0.6) is 0 Å². The highest BCUT2D eigenvalue weighted by Gasteiger charge is 2.59. The molecule has 32 heavy (non-hydrogen) atoms. The Morgan fingerprint density at radius 2 is 1.88 bits per heavy atom. The quantitative estimate of drug-likeness (QED) is 0.603. The summed E-state index contributed by atoms with van der Waals surface area (Å²) in [5.41, 5.74) is 1.95. The molecule has 0 radical (unpaired) electrons. The molecule has 4 heterocycles. The lowest BCUT2D eigenvalue weighted by atomic mass is 9.91. The largest absolute Gasteiger partial charge is 0.416 e. The van der Waals surface area contributed by atoms with Gasteiger partial charge >= 0.3 is 6.18 Å². The molecule has 2 aromatic heterocycles. The zero-order valence-electron chi connectivity index (χ0n) is 18.5. The summed E-state index contributed by atoms with van der Waals surface area (Å²) in [5.74, 6) is 4.53. The number of hydrogen-bond donors (Lipinski definition) is 0. The molecule has 0 aromatic carbocycles. The van der Waals surface area contributed by atoms with E-state index in [1.54, 1.807) is 0 Å². The van der Waals surface area contributed by atoms with Crippen LogP contribution in [0.15, 0.2) is 24.4 Å². The molecule has 4 aliphatic rings. The monoisotopic (exact) mass is 462 g/mol. The Kier molecular flexibility index (Phi) is 4.75. The molecule has 2 atom stereocenters. The molecule has 0 N–H and O–H groups in total. The average Bonchev–Trinajstić information content (AvgIpc) is 3.20. The highest BCUT2D eigenvalue weighted by atomic mass is 32.2. The first-order valence-corrected chi connectivity index (χ1v) is 12.8. The van der Waals surface area contributed by atoms with Gasteiger partial charge in [-0.2, -0.15) is 30.0 Å². The van der Waals surface area contributed by atoms with Crippen LogP contribution in [-0.2, 0) is 6.18 Å². The van der Waals surface area contributed by atoms with Gasteiger partial charge in [0.2, 0.25) is 0 Å². The molecule has 4 fully saturated rings. The Bertz CT molecular complexity index is 1020. The lowest BCUT2D eigenvalue weighted by molar-refractivity contribution is -0.137. The van der Waals surface area contributed by atoms with E-state index in [9.17, 15) is 13.2 Å². The summed E-state index contributed by atoms with van der Waals surface area (Å²) in [6.07, 6.45) is 0.711. The summed E-state index contributed by atoms with van der Waals surface area (Å²) in [7, 11) is 0. The molecule has 0 bridgehead atoms. The van der Waals surface area contributed by atoms with Crippen molar-refractivity contribution >= 4 is 11.8 Å². The Hall–Kier alpha value is -1.54. The molecule has 2 saturated heterocycles. The molecule has 2 aliphatic heterocycles. The van der Waals surface area contributed by atoms with Crippen molar-refractivity contribution in [1.82, 2.24) is 19.7 Å². The molecule has 2 unspecified atom stereocenters. The number of fused-ring (bicyclic) bond motifs is 1. The maximum Gasteiger partial charge on any atom is 0.416 e. The van der Waals surface area contributed by atoms with Gasteiger partial charge in [0.1, 0.15) is 5.69 Å². The Balaban J connectivity index is 1.20. The minimum absolute atomic E-state index is 0.163. The fourth-order valence-corrected chi connectivity index (χ4v) is 7.65. The van der Waals surface area contributed by atoms with E-state index in [1.165, 1.54) is 55.7 Å². The van der Waals surface area contributed by atoms with Crippen LogP contribution in [0.4, 0.5) is 13.2 Å². The topological polar surface area (TPSA) is 34.0 Å². The average molecular weight is 463 g/mol. The maximum absolute atomic E-state index is 13.2. The fraction of sp³-hybridized carbons (Fsp3) is 0.667. The zero-order chi connectivity index (χ0) is 22.3. The van der Waals surface area contributed by atoms with Crippen molar-refractivity contribution in [3.63, 3.8) is 0 Å². The van der Waals surface area contributed by atoms with Gasteiger partial charge in [0.25, 0.3) is 0 Å². The van der Waals surface area contributed by atoms with Gasteiger partial charge < -0.3 is 0 Å². The molecule has 8 heteroatoms. The first kappa shape index (κ1) is 21.0. The third kappa shape index (κ3) is 3.40. The van der Waals surface area contributed by atoms with E-state index >= 15 is 0 Å². The lowest BCUT2D eigenvalue weighted by Gasteiger charge is -2.38. The number of aromatic nitrogens is 3. The van der Waals surface area contributed by atoms with E-state index in [1.807, 2.05) is 10.7 Å². The number of nitrogens with zero attached hydrogens (tertiary/aromatic N) is 4. The van der Waals surface area contributed by atoms with Gasteiger partial charge in [-0.3, -0.25) is 14.6 Å². The molecule has 4 nitrogen and oxygen atoms in total. The second-order valence-electron chi connectivity index (χ2n) is 10.6. The van der Waals surface area contributed by atoms with Crippen molar-refractivity contribution in [2.24, 2.45) is 17.3 Å². The zero-order valence-corrected chi connectivity index (χ0v) is 19.3. The Labute approximate surface area is 191 Å². The van der Waals surface area contributed by atoms with E-state index in [0.29, 0.717) is 40.6 Å². The molecule has 1 spiro atoms. The molecule has 6 rings (SSSR count). The predicted octanol–water partition coefficient (Wildman–Crippen LogP) is 5.48. The molecule has 172 valence electrons. The van der Waals surface area contributed by atoms with Gasteiger partial charge in [-0.25, -0.2) is 0 Å². The van der Waals surface area contributed by atoms with E-state index in [0.717, 1.165) is 12.1 Å². The van der Waals surface area contributed by atoms with Gasteiger partial charge in [0.05, 0.1) is 11.3 Å². The first-order chi connectivity index (χ1) is 15.2. The SMILES string of the molecule is CC(C)n1nc(-c2cc(C(F)(F)F)ccn2)cc1C1C2CC(N3CCC4(CSC4)C3)CC21. The van der Waals surface area contributed by atoms with Crippen molar-refractivity contribution < 1.29 is 13.2 Å². The summed E-state index contributed by atoms with van der Waals surface area (Å²) < 4.78 is 41.5. The van der Waals surface area contributed by atoms with Gasteiger partial charge in [-0.1, -0.05) is 0 Å². The van der Waals surface area contributed by atoms with Crippen LogP contribution in [0.2, 0.25) is 0 Å². The van der Waals surface area contributed by atoms with E-state index in [4.69, 9.17) is 5.10 Å². The summed E-state index contributed by atoms with van der Waals surface area (Å²) in [6.45, 7) is 6.71. The van der Waals surface area contributed by atoms with Crippen LogP contribution in [-0.4, -0.2) is 50.3 Å². The van der Waals surface area contributed by atoms with Gasteiger partial charge in [-0.15, -0.1) is 0 Å². The smallest absolute Gasteiger partial charge is 0.300 e. The summed E-state index contributed by atoms with van der Waals surface area (Å²) >= 11 is 2.09. The Morgan fingerprint density at radius 1 is 1.12 bits per heavy atom. The second kappa shape index (κ2) is 7.23. The number of thioether (sulfide) groups is 1. The molecule has 2 aromatic rings. The van der Waals surface area contributed by atoms with Gasteiger partial charge in [-0.05, 0) is 69.7 Å². The summed E-state index contributed by atoms with van der Waals surface area (Å²) in [5, 5.41) is 4.70. The van der Waals surface area contributed by atoms with Crippen molar-refractivity contribution in [2.45, 2.75) is 57.3 Å². The normalized spacial score (nSPS) is 31.3. The predicted molar refractivity (Wildman–Crippen MR) is 120 cm³/mol. The molecular weight excluding hydrogens is 433 g/mol. The van der Waals surface area contributed by atoms with Crippen molar-refractivity contribution in [2.75, 3.05) is 24.6 Å². The number of rotatable bonds is 4. The van der Waals surface area contributed by atoms with Crippen LogP contribution >= 0.6 is 11.8 Å². The summed E-state index contributed by atoms with van der Waals surface area (Å²) in [6, 6.07) is 5.00. The van der Waals surface area contributed by atoms with Crippen LogP contribution in [0, 0.1) is 17.3 Å². The summed E-state index contributed by atoms with van der Waals surface area (Å²) in [4.78, 5) is 6.95. The molecule has 2 saturated carbocycles. The van der Waals surface area contributed by atoms with Crippen LogP contribution in [0.1, 0.15) is 56.3 Å². The maximum atomic E-state index is 13.2. The molecule has 0 amide bonds. The highest BCUT2D eigenvalue weighted by Crippen LogP contribution is 2.64. The third-order valence-electron chi connectivity index (χ3n) is 8.17. The fourth-order valence-electron chi connectivity index (χ4n) is 6.40. The Morgan fingerprint density at radius 3 is 2.47 bits per heavy atom. The van der Waals surface area contributed by atoms with Crippen molar-refractivity contribution in [3.05, 3.63) is 35.7 Å². The first-order valence-electron chi connectivity index (χ1n) is 11.7. The standard InChI is InChI=1S/C24H29F3N4S/c1-14(2)31-21(10-20(29-31)19-7-15(3-5-28-19)24(25,26)27)22-17-8-16(9-18(17)22)30-6-4-23(11-30)12-32-13-23/h3,5,7,10,14,16-18,22H,4,6,8-9,11-13H2,1-2H3. The van der Waals surface area contributed by atoms with Crippen molar-refractivity contribution in [3.8, 4) is 11.4 Å². The number of likely N-dealkylation sites (tertiary alicyclic amines) is 1. The van der Waals surface area contributed by atoms with E-state index in [2.05, 4.69) is 35.5 Å². The van der Waals surface area contributed by atoms with Gasteiger partial charge in [0, 0.05) is 53.4 Å². The third-order valence-corrected chi connectivity index (χ3v) is 9.80. The molecule has 2 aliphatic carbocycles. The van der Waals surface area contributed by atoms with Crippen LogP contribution < -0.4 is 0 Å². The van der Waals surface area contributed by atoms with E-state index < -0.39 is 11.7 Å². The number of pyridine rings is 1. The minimum atomic E-state index is -4.38. The lowest BCUT2D eigenvalue weighted by Crippen LogP contribution is -2.41. The molecular formula is C24H29F3N4S. The number of alkyl halides is 3. The van der Waals surface area contributed by atoms with E-state index in [-0.39, 0.29) is 6.04 Å². The van der Waals surface area contributed by atoms with Crippen LogP contribution in [0.3, 0.4) is 0 Å². The van der Waals surface area contributed by atoms with Crippen LogP contribution in [0.25, 0.3) is 11.4 Å². The number of hydrogen-bond acceptors (Lipinski definition) is 4. The number of halogens is 3. The van der Waals surface area contributed by atoms with Gasteiger partial charge in [0.15, 0.2) is 0 Å². The van der Waals surface area contributed by atoms with Crippen molar-refractivity contribution in [1.29, 1.82) is 0 Å². The minimum Gasteiger partial charge on any atom is -0.300 e. The highest BCUT2D eigenvalue weighted by molar-refractivity contribution is 8.00. The second-order valence-corrected chi connectivity index (χ2v) is 11.6.